The molecule has 1 aromatic heterocycles. The average molecular weight is 231 g/mol. The van der Waals surface area contributed by atoms with Gasteiger partial charge in [-0.25, -0.2) is 14.2 Å². The van der Waals surface area contributed by atoms with Crippen LogP contribution in [0.5, 0.6) is 0 Å². The van der Waals surface area contributed by atoms with Crippen LogP contribution >= 0.6 is 0 Å². The van der Waals surface area contributed by atoms with Gasteiger partial charge in [-0.05, 0) is 36.4 Å². The zero-order chi connectivity index (χ0) is 12.1. The molecular weight excluding hydrogens is 221 g/mol. The van der Waals surface area contributed by atoms with Crippen molar-refractivity contribution in [3.05, 3.63) is 48.0 Å². The molecule has 0 unspecified atom stereocenters. The minimum Gasteiger partial charge on any atom is -0.461 e. The lowest BCUT2D eigenvalue weighted by Gasteiger charge is -1.96. The van der Waals surface area contributed by atoms with Crippen LogP contribution in [0.4, 0.5) is 4.39 Å². The molecule has 0 saturated carbocycles. The molecule has 0 aliphatic carbocycles. The lowest BCUT2D eigenvalue weighted by molar-refractivity contribution is 0.522. The summed E-state index contributed by atoms with van der Waals surface area (Å²) < 4.78 is 18.3. The zero-order valence-electron chi connectivity index (χ0n) is 9.02. The molecule has 0 radical (unpaired) electrons. The Morgan fingerprint density at radius 2 is 1.94 bits per heavy atom. The van der Waals surface area contributed by atoms with Gasteiger partial charge >= 0.3 is 0 Å². The minimum atomic E-state index is -0.277. The number of nitrogens with zero attached hydrogens (tertiary/aromatic N) is 1. The van der Waals surface area contributed by atoms with E-state index in [0.29, 0.717) is 18.7 Å². The highest BCUT2D eigenvalue weighted by Crippen LogP contribution is 2.22. The van der Waals surface area contributed by atoms with Crippen LogP contribution in [0.1, 0.15) is 5.76 Å². The molecule has 0 saturated heterocycles. The van der Waals surface area contributed by atoms with E-state index in [4.69, 9.17) is 4.42 Å². The second-order valence-electron chi connectivity index (χ2n) is 3.50. The Labute approximate surface area is 97.6 Å². The first-order valence-corrected chi connectivity index (χ1v) is 5.18. The highest BCUT2D eigenvalue weighted by atomic mass is 19.1. The predicted octanol–water partition coefficient (Wildman–Crippen LogP) is 2.96. The first kappa shape index (κ1) is 11.3. The number of halogens is 1. The van der Waals surface area contributed by atoms with Crippen molar-refractivity contribution in [2.45, 2.75) is 6.42 Å². The molecule has 1 heterocycles. The maximum absolute atomic E-state index is 12.7. The van der Waals surface area contributed by atoms with Crippen molar-refractivity contribution < 1.29 is 13.6 Å². The molecule has 1 aromatic carbocycles. The number of benzene rings is 1. The van der Waals surface area contributed by atoms with E-state index in [-0.39, 0.29) is 5.82 Å². The average Bonchev–Trinajstić information content (AvgIpc) is 2.79. The normalized spacial score (nSPS) is 9.94. The summed E-state index contributed by atoms with van der Waals surface area (Å²) in [7, 11) is 0. The smallest absolute Gasteiger partial charge is 0.234 e. The first-order valence-electron chi connectivity index (χ1n) is 5.18. The van der Waals surface area contributed by atoms with Crippen LogP contribution in [-0.4, -0.2) is 12.6 Å². The maximum Gasteiger partial charge on any atom is 0.234 e. The van der Waals surface area contributed by atoms with Crippen LogP contribution in [0.25, 0.3) is 11.3 Å². The fraction of sp³-hybridized carbons (Fsp3) is 0.154. The second-order valence-corrected chi connectivity index (χ2v) is 3.50. The van der Waals surface area contributed by atoms with E-state index in [1.165, 1.54) is 18.2 Å². The van der Waals surface area contributed by atoms with Crippen molar-refractivity contribution in [2.75, 3.05) is 6.54 Å². The van der Waals surface area contributed by atoms with Crippen LogP contribution in [-0.2, 0) is 11.2 Å². The third-order valence-corrected chi connectivity index (χ3v) is 2.32. The number of aliphatic imine (C=N–C) groups is 1. The van der Waals surface area contributed by atoms with Crippen LogP contribution in [0.3, 0.4) is 0 Å². The lowest BCUT2D eigenvalue weighted by atomic mass is 10.2. The number of rotatable bonds is 4. The van der Waals surface area contributed by atoms with E-state index >= 15 is 0 Å². The molecule has 17 heavy (non-hydrogen) atoms. The molecule has 86 valence electrons. The van der Waals surface area contributed by atoms with E-state index in [2.05, 4.69) is 4.99 Å². The van der Waals surface area contributed by atoms with E-state index in [0.717, 1.165) is 11.3 Å². The summed E-state index contributed by atoms with van der Waals surface area (Å²) in [6, 6.07) is 9.71. The quantitative estimate of drug-likeness (QED) is 0.599. The summed E-state index contributed by atoms with van der Waals surface area (Å²) >= 11 is 0. The van der Waals surface area contributed by atoms with Crippen molar-refractivity contribution in [3.63, 3.8) is 0 Å². The van der Waals surface area contributed by atoms with Gasteiger partial charge < -0.3 is 4.42 Å². The molecule has 0 N–H and O–H groups in total. The number of furan rings is 1. The highest BCUT2D eigenvalue weighted by Gasteiger charge is 2.04. The summed E-state index contributed by atoms with van der Waals surface area (Å²) in [4.78, 5) is 13.3. The topological polar surface area (TPSA) is 42.6 Å². The Balaban J connectivity index is 2.12. The minimum absolute atomic E-state index is 0.277. The zero-order valence-corrected chi connectivity index (χ0v) is 9.02. The van der Waals surface area contributed by atoms with Gasteiger partial charge in [0.1, 0.15) is 17.3 Å². The van der Waals surface area contributed by atoms with Crippen LogP contribution in [0.2, 0.25) is 0 Å². The van der Waals surface area contributed by atoms with Crippen molar-refractivity contribution in [1.29, 1.82) is 0 Å². The lowest BCUT2D eigenvalue weighted by Crippen LogP contribution is -1.85. The Morgan fingerprint density at radius 3 is 2.65 bits per heavy atom. The molecule has 0 bridgehead atoms. The molecule has 2 rings (SSSR count). The largest absolute Gasteiger partial charge is 0.461 e. The van der Waals surface area contributed by atoms with Gasteiger partial charge in [-0.1, -0.05) is 0 Å². The molecule has 2 aromatic rings. The molecule has 0 aliphatic heterocycles. The number of isocyanates is 1. The molecule has 0 spiro atoms. The second kappa shape index (κ2) is 5.23. The van der Waals surface area contributed by atoms with Crippen molar-refractivity contribution >= 4 is 6.08 Å². The molecule has 0 amide bonds. The van der Waals surface area contributed by atoms with E-state index < -0.39 is 0 Å². The number of carbonyl (C=O) groups excluding carboxylic acids is 1. The summed E-state index contributed by atoms with van der Waals surface area (Å²) in [5, 5.41) is 0. The van der Waals surface area contributed by atoms with Crippen molar-refractivity contribution in [3.8, 4) is 11.3 Å². The summed E-state index contributed by atoms with van der Waals surface area (Å²) in [5.74, 6) is 1.14. The van der Waals surface area contributed by atoms with Gasteiger partial charge in [0.05, 0.1) is 6.54 Å². The fourth-order valence-corrected chi connectivity index (χ4v) is 1.49. The summed E-state index contributed by atoms with van der Waals surface area (Å²) in [6.07, 6.45) is 2.03. The van der Waals surface area contributed by atoms with Crippen LogP contribution < -0.4 is 0 Å². The van der Waals surface area contributed by atoms with Gasteiger partial charge in [0.15, 0.2) is 0 Å². The van der Waals surface area contributed by atoms with Crippen LogP contribution in [0.15, 0.2) is 45.8 Å². The van der Waals surface area contributed by atoms with Gasteiger partial charge in [-0.2, -0.15) is 0 Å². The van der Waals surface area contributed by atoms with E-state index in [9.17, 15) is 9.18 Å². The Kier molecular flexibility index (Phi) is 3.48. The van der Waals surface area contributed by atoms with Crippen LogP contribution in [0, 0.1) is 5.82 Å². The van der Waals surface area contributed by atoms with Gasteiger partial charge in [0, 0.05) is 12.0 Å². The molecule has 3 nitrogen and oxygen atoms in total. The van der Waals surface area contributed by atoms with Crippen molar-refractivity contribution in [1.82, 2.24) is 0 Å². The monoisotopic (exact) mass is 231 g/mol. The van der Waals surface area contributed by atoms with E-state index in [1.807, 2.05) is 12.1 Å². The number of hydrogen-bond donors (Lipinski definition) is 0. The number of hydrogen-bond acceptors (Lipinski definition) is 3. The molecule has 4 heteroatoms. The Bertz CT molecular complexity index is 539. The molecule has 0 fully saturated rings. The van der Waals surface area contributed by atoms with Gasteiger partial charge in [0.25, 0.3) is 0 Å². The molecule has 0 atom stereocenters. The maximum atomic E-state index is 12.7. The Hall–Kier alpha value is -2.19. The van der Waals surface area contributed by atoms with Gasteiger partial charge in [-0.3, -0.25) is 0 Å². The SMILES string of the molecule is O=C=NCCc1ccc(-c2ccc(F)cc2)o1. The first-order chi connectivity index (χ1) is 8.29. The van der Waals surface area contributed by atoms with E-state index in [1.54, 1.807) is 12.1 Å². The highest BCUT2D eigenvalue weighted by molar-refractivity contribution is 5.57. The third-order valence-electron chi connectivity index (χ3n) is 2.32. The fourth-order valence-electron chi connectivity index (χ4n) is 1.49. The summed E-state index contributed by atoms with van der Waals surface area (Å²) in [5.41, 5.74) is 0.816. The van der Waals surface area contributed by atoms with Gasteiger partial charge in [0.2, 0.25) is 6.08 Å². The standard InChI is InChI=1S/C13H10FNO2/c14-11-3-1-10(2-4-11)13-6-5-12(17-13)7-8-15-9-16/h1-6H,7-8H2. The molecule has 0 aliphatic rings. The third kappa shape index (κ3) is 2.89. The molecular formula is C13H10FNO2. The summed E-state index contributed by atoms with van der Waals surface area (Å²) in [6.45, 7) is 0.361. The van der Waals surface area contributed by atoms with Crippen molar-refractivity contribution in [2.24, 2.45) is 4.99 Å². The Morgan fingerprint density at radius 1 is 1.18 bits per heavy atom. The predicted molar refractivity (Wildman–Crippen MR) is 60.8 cm³/mol. The van der Waals surface area contributed by atoms with Gasteiger partial charge in [-0.15, -0.1) is 0 Å².